The molecule has 1 aromatic carbocycles. The van der Waals surface area contributed by atoms with Gasteiger partial charge >= 0.3 is 0 Å². The molecule has 272 valence electrons. The molecule has 49 heavy (non-hydrogen) atoms. The second-order valence-electron chi connectivity index (χ2n) is 14.8. The third-order valence-electron chi connectivity index (χ3n) is 10.4. The van der Waals surface area contributed by atoms with E-state index in [1.54, 1.807) is 12.1 Å². The highest BCUT2D eigenvalue weighted by Crippen LogP contribution is 2.52. The fourth-order valence-electron chi connectivity index (χ4n) is 8.28. The molecule has 1 heterocycles. The number of hydrogen-bond acceptors (Lipinski definition) is 9. The lowest BCUT2D eigenvalue weighted by Gasteiger charge is -2.47. The van der Waals surface area contributed by atoms with Crippen molar-refractivity contribution in [3.05, 3.63) is 40.5 Å². The Balaban J connectivity index is 1.50. The summed E-state index contributed by atoms with van der Waals surface area (Å²) in [6.45, 7) is 7.08. The number of amides is 2. The molecule has 1 aromatic heterocycles. The molecule has 2 saturated carbocycles. The van der Waals surface area contributed by atoms with E-state index in [0.717, 1.165) is 41.9 Å². The van der Waals surface area contributed by atoms with Gasteiger partial charge in [0.05, 0.1) is 6.04 Å². The van der Waals surface area contributed by atoms with Crippen LogP contribution in [-0.4, -0.2) is 58.2 Å². The predicted molar refractivity (Wildman–Crippen MR) is 190 cm³/mol. The van der Waals surface area contributed by atoms with Gasteiger partial charge < -0.3 is 43.2 Å². The standard InChI is InChI=1S/C36H59N9O4/c1-22-16-25-8-6-13-36(19-22,20-25)21-31-44-34(49-45-31)30(10-4-5-14-37)43-33(48)29(12-11-27-23(2)17-26(46)18-24(27)3)42-32(47)28(38)9-7-15-41-35(39)40/h17-18,22,25,28-30,46H,4-16,19-21,37-38H2,1-3H3,(H,42,47)(H,43,48)(H4,39,40,41)/t22?,25?,28-,29+,30+,36?/m1/s1. The minimum absolute atomic E-state index is 0.0186. The molecule has 3 unspecified atom stereocenters. The number of unbranched alkanes of at least 4 members (excludes halogenated alkanes) is 1. The number of benzene rings is 1. The normalized spacial score (nSPS) is 22.1. The summed E-state index contributed by atoms with van der Waals surface area (Å²) in [7, 11) is 0. The minimum atomic E-state index is -0.884. The number of phenolic OH excluding ortho intramolecular Hbond substituents is 1. The summed E-state index contributed by atoms with van der Waals surface area (Å²) in [5.41, 5.74) is 25.9. The highest BCUT2D eigenvalue weighted by Gasteiger charge is 2.43. The summed E-state index contributed by atoms with van der Waals surface area (Å²) in [4.78, 5) is 36.1. The Morgan fingerprint density at radius 1 is 1.08 bits per heavy atom. The van der Waals surface area contributed by atoms with Crippen LogP contribution in [0.1, 0.15) is 118 Å². The van der Waals surface area contributed by atoms with Gasteiger partial charge in [0.1, 0.15) is 17.8 Å². The third-order valence-corrected chi connectivity index (χ3v) is 10.4. The quantitative estimate of drug-likeness (QED) is 0.0689. The second-order valence-corrected chi connectivity index (χ2v) is 14.8. The Morgan fingerprint density at radius 2 is 1.84 bits per heavy atom. The van der Waals surface area contributed by atoms with Gasteiger partial charge in [0, 0.05) is 13.0 Å². The molecule has 2 aromatic rings. The molecule has 0 radical (unpaired) electrons. The van der Waals surface area contributed by atoms with Crippen LogP contribution in [0, 0.1) is 31.1 Å². The molecule has 2 fully saturated rings. The summed E-state index contributed by atoms with van der Waals surface area (Å²) in [6, 6.07) is 1.13. The fourth-order valence-corrected chi connectivity index (χ4v) is 8.28. The molecule has 13 heteroatoms. The zero-order valence-electron chi connectivity index (χ0n) is 29.7. The maximum Gasteiger partial charge on any atom is 0.249 e. The van der Waals surface area contributed by atoms with Gasteiger partial charge in [-0.3, -0.25) is 14.6 Å². The van der Waals surface area contributed by atoms with Crippen molar-refractivity contribution in [1.29, 1.82) is 0 Å². The van der Waals surface area contributed by atoms with Crippen LogP contribution in [0.2, 0.25) is 0 Å². The number of carbonyl (C=O) groups excluding carboxylic acids is 2. The second kappa shape index (κ2) is 17.8. The van der Waals surface area contributed by atoms with E-state index in [9.17, 15) is 14.7 Å². The van der Waals surface area contributed by atoms with Crippen molar-refractivity contribution in [3.8, 4) is 5.75 Å². The van der Waals surface area contributed by atoms with Crippen molar-refractivity contribution < 1.29 is 19.2 Å². The van der Waals surface area contributed by atoms with Crippen molar-refractivity contribution in [2.45, 2.75) is 129 Å². The summed E-state index contributed by atoms with van der Waals surface area (Å²) >= 11 is 0. The van der Waals surface area contributed by atoms with Gasteiger partial charge in [0.2, 0.25) is 17.7 Å². The number of rotatable bonds is 18. The van der Waals surface area contributed by atoms with E-state index in [-0.39, 0.29) is 23.0 Å². The van der Waals surface area contributed by atoms with Crippen LogP contribution in [0.25, 0.3) is 0 Å². The molecule has 0 spiro atoms. The lowest BCUT2D eigenvalue weighted by atomic mass is 9.58. The van der Waals surface area contributed by atoms with Crippen molar-refractivity contribution in [2.75, 3.05) is 13.1 Å². The van der Waals surface area contributed by atoms with E-state index in [4.69, 9.17) is 32.4 Å². The fraction of sp³-hybridized carbons (Fsp3) is 0.694. The van der Waals surface area contributed by atoms with Gasteiger partial charge in [-0.05, 0) is 137 Å². The van der Waals surface area contributed by atoms with E-state index in [2.05, 4.69) is 27.7 Å². The number of nitrogens with two attached hydrogens (primary N) is 4. The number of nitrogens with one attached hydrogen (secondary N) is 2. The Labute approximate surface area is 290 Å². The third kappa shape index (κ3) is 11.1. The van der Waals surface area contributed by atoms with Gasteiger partial charge in [0.15, 0.2) is 11.8 Å². The summed E-state index contributed by atoms with van der Waals surface area (Å²) in [5.74, 6) is 1.92. The van der Waals surface area contributed by atoms with Crippen molar-refractivity contribution in [3.63, 3.8) is 0 Å². The van der Waals surface area contributed by atoms with Gasteiger partial charge in [-0.15, -0.1) is 0 Å². The Hall–Kier alpha value is -3.71. The van der Waals surface area contributed by atoms with Crippen LogP contribution in [-0.2, 0) is 22.4 Å². The number of aromatic nitrogens is 2. The number of aryl methyl sites for hydroxylation is 2. The number of fused-ring (bicyclic) bond motifs is 2. The Kier molecular flexibility index (Phi) is 13.8. The first-order valence-corrected chi connectivity index (χ1v) is 18.1. The number of guanidine groups is 1. The first-order chi connectivity index (χ1) is 23.4. The first kappa shape index (κ1) is 38.1. The van der Waals surface area contributed by atoms with Gasteiger partial charge in [0.25, 0.3) is 0 Å². The summed E-state index contributed by atoms with van der Waals surface area (Å²) in [6.07, 6.45) is 12.0. The predicted octanol–water partition coefficient (Wildman–Crippen LogP) is 3.33. The number of aliphatic imine (C=N–C) groups is 1. The number of aromatic hydroxyl groups is 1. The number of carbonyl (C=O) groups is 2. The molecule has 0 aliphatic heterocycles. The van der Waals surface area contributed by atoms with Gasteiger partial charge in [-0.25, -0.2) is 0 Å². The lowest BCUT2D eigenvalue weighted by molar-refractivity contribution is -0.130. The molecule has 2 amide bonds. The molecule has 2 aliphatic rings. The van der Waals surface area contributed by atoms with Crippen LogP contribution in [0.15, 0.2) is 21.6 Å². The van der Waals surface area contributed by atoms with Gasteiger partial charge in [-0.1, -0.05) is 24.9 Å². The van der Waals surface area contributed by atoms with Crippen molar-refractivity contribution in [1.82, 2.24) is 20.8 Å². The lowest BCUT2D eigenvalue weighted by Crippen LogP contribution is -2.52. The van der Waals surface area contributed by atoms with E-state index in [0.29, 0.717) is 62.8 Å². The molecule has 2 bridgehead atoms. The highest BCUT2D eigenvalue weighted by molar-refractivity contribution is 5.89. The first-order valence-electron chi connectivity index (χ1n) is 18.1. The van der Waals surface area contributed by atoms with Crippen LogP contribution in [0.5, 0.6) is 5.75 Å². The minimum Gasteiger partial charge on any atom is -0.508 e. The molecule has 6 atom stereocenters. The zero-order chi connectivity index (χ0) is 35.6. The monoisotopic (exact) mass is 681 g/mol. The molecular formula is C36H59N9O4. The number of hydrogen-bond donors (Lipinski definition) is 7. The number of phenols is 1. The molecular weight excluding hydrogens is 622 g/mol. The largest absolute Gasteiger partial charge is 0.508 e. The number of nitrogens with zero attached hydrogens (tertiary/aromatic N) is 3. The molecule has 13 nitrogen and oxygen atoms in total. The van der Waals surface area contributed by atoms with E-state index >= 15 is 0 Å². The van der Waals surface area contributed by atoms with Crippen molar-refractivity contribution >= 4 is 17.8 Å². The SMILES string of the molecule is Cc1cc(O)cc(C)c1CC[C@H](NC(=O)[C@H](N)CCCN=C(N)N)C(=O)N[C@@H](CCCCN)c1nc(CC23CCCC(CC(C)C2)C3)no1. The van der Waals surface area contributed by atoms with Gasteiger partial charge in [-0.2, -0.15) is 4.98 Å². The summed E-state index contributed by atoms with van der Waals surface area (Å²) < 4.78 is 5.84. The van der Waals surface area contributed by atoms with E-state index < -0.39 is 24.0 Å². The highest BCUT2D eigenvalue weighted by atomic mass is 16.5. The average Bonchev–Trinajstić information content (AvgIpc) is 3.48. The van der Waals surface area contributed by atoms with Crippen LogP contribution in [0.3, 0.4) is 0 Å². The van der Waals surface area contributed by atoms with Crippen molar-refractivity contribution in [2.24, 2.45) is 45.2 Å². The van der Waals surface area contributed by atoms with Crippen LogP contribution in [0.4, 0.5) is 0 Å². The Bertz CT molecular complexity index is 1400. The molecule has 4 rings (SSSR count). The molecule has 11 N–H and O–H groups in total. The van der Waals surface area contributed by atoms with E-state index in [1.165, 1.54) is 38.5 Å². The maximum absolute atomic E-state index is 14.0. The topological polar surface area (TPSA) is 234 Å². The summed E-state index contributed by atoms with van der Waals surface area (Å²) in [5, 5.41) is 20.5. The van der Waals surface area contributed by atoms with Crippen LogP contribution >= 0.6 is 0 Å². The smallest absolute Gasteiger partial charge is 0.249 e. The average molecular weight is 682 g/mol. The molecule has 0 saturated heterocycles. The van der Waals surface area contributed by atoms with E-state index in [1.807, 2.05) is 13.8 Å². The zero-order valence-corrected chi connectivity index (χ0v) is 29.7. The van der Waals surface area contributed by atoms with Crippen LogP contribution < -0.4 is 33.6 Å². The molecule has 2 aliphatic carbocycles. The Morgan fingerprint density at radius 3 is 2.55 bits per heavy atom. The maximum atomic E-state index is 14.0.